The van der Waals surface area contributed by atoms with Crippen LogP contribution in [-0.2, 0) is 9.63 Å². The van der Waals surface area contributed by atoms with Crippen molar-refractivity contribution >= 4 is 28.6 Å². The number of hydrogen-bond donors (Lipinski definition) is 0. The Hall–Kier alpha value is 0.160. The standard InChI is InChI=1S/C11H20INO2/c1-11(2,3)10(14)15-13-6-4-9(8-12)5-7-13/h9H,4-8H2,1-3H3. The molecule has 1 rings (SSSR count). The molecule has 0 spiro atoms. The fraction of sp³-hybridized carbons (Fsp3) is 0.909. The fourth-order valence-corrected chi connectivity index (χ4v) is 2.29. The fourth-order valence-electron chi connectivity index (χ4n) is 1.41. The van der Waals surface area contributed by atoms with E-state index in [4.69, 9.17) is 4.84 Å². The molecule has 1 aliphatic rings. The van der Waals surface area contributed by atoms with Crippen LogP contribution in [0.25, 0.3) is 0 Å². The molecule has 1 heterocycles. The predicted molar refractivity (Wildman–Crippen MR) is 68.7 cm³/mol. The summed E-state index contributed by atoms with van der Waals surface area (Å²) < 4.78 is 1.21. The van der Waals surface area contributed by atoms with Gasteiger partial charge in [0.05, 0.1) is 5.41 Å². The third-order valence-corrected chi connectivity index (χ3v) is 3.86. The molecule has 0 saturated carbocycles. The van der Waals surface area contributed by atoms with Crippen LogP contribution in [0.5, 0.6) is 0 Å². The van der Waals surface area contributed by atoms with Gasteiger partial charge in [0.1, 0.15) is 0 Å². The van der Waals surface area contributed by atoms with Crippen LogP contribution in [0.3, 0.4) is 0 Å². The number of rotatable bonds is 2. The first-order valence-corrected chi connectivity index (χ1v) is 6.99. The summed E-state index contributed by atoms with van der Waals surface area (Å²) in [5.41, 5.74) is -0.403. The molecular weight excluding hydrogens is 305 g/mol. The summed E-state index contributed by atoms with van der Waals surface area (Å²) in [4.78, 5) is 17.0. The first kappa shape index (κ1) is 13.2. The molecule has 1 fully saturated rings. The lowest BCUT2D eigenvalue weighted by Crippen LogP contribution is -2.39. The molecule has 0 aromatic carbocycles. The first-order chi connectivity index (χ1) is 6.93. The summed E-state index contributed by atoms with van der Waals surface area (Å²) in [6.07, 6.45) is 2.28. The zero-order valence-electron chi connectivity index (χ0n) is 9.75. The maximum Gasteiger partial charge on any atom is 0.330 e. The summed E-state index contributed by atoms with van der Waals surface area (Å²) in [6.45, 7) is 7.41. The molecular formula is C11H20INO2. The Morgan fingerprint density at radius 1 is 1.40 bits per heavy atom. The molecule has 0 aromatic heterocycles. The maximum absolute atomic E-state index is 11.6. The van der Waals surface area contributed by atoms with Gasteiger partial charge in [-0.2, -0.15) is 0 Å². The molecule has 15 heavy (non-hydrogen) atoms. The Balaban J connectivity index is 2.33. The van der Waals surface area contributed by atoms with Gasteiger partial charge in [-0.15, -0.1) is 5.06 Å². The summed E-state index contributed by atoms with van der Waals surface area (Å²) >= 11 is 2.43. The van der Waals surface area contributed by atoms with Gasteiger partial charge in [-0.25, -0.2) is 4.79 Å². The summed E-state index contributed by atoms with van der Waals surface area (Å²) in [5, 5.41) is 1.82. The molecule has 0 radical (unpaired) electrons. The van der Waals surface area contributed by atoms with Gasteiger partial charge in [-0.3, -0.25) is 0 Å². The lowest BCUT2D eigenvalue weighted by atomic mass is 9.97. The number of hydroxylamine groups is 2. The second kappa shape index (κ2) is 5.48. The average Bonchev–Trinajstić information content (AvgIpc) is 2.17. The van der Waals surface area contributed by atoms with E-state index < -0.39 is 5.41 Å². The van der Waals surface area contributed by atoms with Crippen molar-refractivity contribution in [3.8, 4) is 0 Å². The minimum absolute atomic E-state index is 0.129. The minimum Gasteiger partial charge on any atom is -0.367 e. The highest BCUT2D eigenvalue weighted by atomic mass is 127. The van der Waals surface area contributed by atoms with Crippen LogP contribution in [0.4, 0.5) is 0 Å². The molecule has 88 valence electrons. The van der Waals surface area contributed by atoms with Crippen LogP contribution in [0.2, 0.25) is 0 Å². The van der Waals surface area contributed by atoms with E-state index in [1.165, 1.54) is 4.43 Å². The number of piperidine rings is 1. The summed E-state index contributed by atoms with van der Waals surface area (Å²) in [5.74, 6) is 0.672. The van der Waals surface area contributed by atoms with Gasteiger partial charge in [-0.1, -0.05) is 22.6 Å². The third kappa shape index (κ3) is 4.26. The largest absolute Gasteiger partial charge is 0.367 e. The van der Waals surface area contributed by atoms with E-state index in [9.17, 15) is 4.79 Å². The predicted octanol–water partition coefficient (Wildman–Crippen LogP) is 2.64. The Morgan fingerprint density at radius 2 is 1.93 bits per heavy atom. The monoisotopic (exact) mass is 325 g/mol. The smallest absolute Gasteiger partial charge is 0.330 e. The molecule has 1 saturated heterocycles. The maximum atomic E-state index is 11.6. The van der Waals surface area contributed by atoms with Gasteiger partial charge in [0.25, 0.3) is 0 Å². The average molecular weight is 325 g/mol. The molecule has 0 aromatic rings. The molecule has 0 amide bonds. The van der Waals surface area contributed by atoms with Gasteiger partial charge < -0.3 is 4.84 Å². The van der Waals surface area contributed by atoms with Crippen molar-refractivity contribution in [1.82, 2.24) is 5.06 Å². The van der Waals surface area contributed by atoms with E-state index in [0.29, 0.717) is 0 Å². The van der Waals surface area contributed by atoms with E-state index in [1.54, 1.807) is 0 Å². The van der Waals surface area contributed by atoms with E-state index in [-0.39, 0.29) is 5.97 Å². The second-order valence-corrected chi connectivity index (χ2v) is 6.04. The Bertz CT molecular complexity index is 217. The Kier molecular flexibility index (Phi) is 4.83. The van der Waals surface area contributed by atoms with Crippen molar-refractivity contribution in [2.45, 2.75) is 33.6 Å². The van der Waals surface area contributed by atoms with Crippen LogP contribution in [0.15, 0.2) is 0 Å². The SMILES string of the molecule is CC(C)(C)C(=O)ON1CCC(CI)CC1. The normalized spacial score (nSPS) is 20.3. The van der Waals surface area contributed by atoms with E-state index in [2.05, 4.69) is 22.6 Å². The zero-order chi connectivity index (χ0) is 11.5. The van der Waals surface area contributed by atoms with Crippen molar-refractivity contribution in [2.24, 2.45) is 11.3 Å². The molecule has 0 aliphatic carbocycles. The van der Waals surface area contributed by atoms with Crippen molar-refractivity contribution < 1.29 is 9.63 Å². The third-order valence-electron chi connectivity index (χ3n) is 2.62. The first-order valence-electron chi connectivity index (χ1n) is 5.47. The number of nitrogens with zero attached hydrogens (tertiary/aromatic N) is 1. The van der Waals surface area contributed by atoms with Gasteiger partial charge in [0.2, 0.25) is 0 Å². The molecule has 1 aliphatic heterocycles. The molecule has 0 unspecified atom stereocenters. The van der Waals surface area contributed by atoms with Crippen LogP contribution >= 0.6 is 22.6 Å². The van der Waals surface area contributed by atoms with E-state index >= 15 is 0 Å². The molecule has 0 atom stereocenters. The van der Waals surface area contributed by atoms with E-state index in [0.717, 1.165) is 31.8 Å². The van der Waals surface area contributed by atoms with Gasteiger partial charge in [0, 0.05) is 17.5 Å². The number of hydrogen-bond acceptors (Lipinski definition) is 3. The molecule has 3 nitrogen and oxygen atoms in total. The molecule has 0 N–H and O–H groups in total. The lowest BCUT2D eigenvalue weighted by Gasteiger charge is -2.31. The highest BCUT2D eigenvalue weighted by Crippen LogP contribution is 2.22. The van der Waals surface area contributed by atoms with Crippen molar-refractivity contribution in [2.75, 3.05) is 17.5 Å². The van der Waals surface area contributed by atoms with Crippen LogP contribution in [0.1, 0.15) is 33.6 Å². The number of carbonyl (C=O) groups excluding carboxylic acids is 1. The van der Waals surface area contributed by atoms with Crippen molar-refractivity contribution in [3.05, 3.63) is 0 Å². The number of carbonyl (C=O) groups is 1. The van der Waals surface area contributed by atoms with Crippen molar-refractivity contribution in [3.63, 3.8) is 0 Å². The van der Waals surface area contributed by atoms with Gasteiger partial charge in [0.15, 0.2) is 0 Å². The minimum atomic E-state index is -0.403. The van der Waals surface area contributed by atoms with Gasteiger partial charge in [-0.05, 0) is 39.5 Å². The number of halogens is 1. The highest BCUT2D eigenvalue weighted by Gasteiger charge is 2.27. The van der Waals surface area contributed by atoms with Gasteiger partial charge >= 0.3 is 5.97 Å². The lowest BCUT2D eigenvalue weighted by molar-refractivity contribution is -0.205. The van der Waals surface area contributed by atoms with Crippen LogP contribution < -0.4 is 0 Å². The zero-order valence-corrected chi connectivity index (χ0v) is 11.9. The molecule has 0 bridgehead atoms. The Morgan fingerprint density at radius 3 is 2.33 bits per heavy atom. The quantitative estimate of drug-likeness (QED) is 0.577. The topological polar surface area (TPSA) is 29.5 Å². The Labute approximate surface area is 106 Å². The second-order valence-electron chi connectivity index (χ2n) is 5.16. The van der Waals surface area contributed by atoms with Crippen LogP contribution in [-0.4, -0.2) is 28.5 Å². The number of alkyl halides is 1. The van der Waals surface area contributed by atoms with E-state index in [1.807, 2.05) is 25.8 Å². The summed E-state index contributed by atoms with van der Waals surface area (Å²) in [7, 11) is 0. The van der Waals surface area contributed by atoms with Crippen LogP contribution in [0, 0.1) is 11.3 Å². The molecule has 4 heteroatoms. The van der Waals surface area contributed by atoms with Crippen molar-refractivity contribution in [1.29, 1.82) is 0 Å². The highest BCUT2D eigenvalue weighted by molar-refractivity contribution is 14.1. The summed E-state index contributed by atoms with van der Waals surface area (Å²) in [6, 6.07) is 0.